The van der Waals surface area contributed by atoms with Gasteiger partial charge >= 0.3 is 5.97 Å². The van der Waals surface area contributed by atoms with Gasteiger partial charge in [0.05, 0.1) is 19.3 Å². The fraction of sp³-hybridized carbons (Fsp3) is 0.364. The Morgan fingerprint density at radius 1 is 1.32 bits per heavy atom. The zero-order chi connectivity index (χ0) is 14.0. The van der Waals surface area contributed by atoms with Gasteiger partial charge in [-0.15, -0.1) is 0 Å². The van der Waals surface area contributed by atoms with Gasteiger partial charge in [-0.2, -0.15) is 0 Å². The van der Waals surface area contributed by atoms with Crippen LogP contribution in [-0.4, -0.2) is 41.2 Å². The molecule has 0 radical (unpaired) electrons. The first-order valence-corrected chi connectivity index (χ1v) is 6.17. The molecule has 1 amide bonds. The van der Waals surface area contributed by atoms with E-state index in [1.807, 2.05) is 0 Å². The number of nitrogens with zero attached hydrogens (tertiary/aromatic N) is 1. The van der Waals surface area contributed by atoms with Crippen LogP contribution in [-0.2, 0) is 9.53 Å². The van der Waals surface area contributed by atoms with Crippen molar-refractivity contribution in [3.8, 4) is 0 Å². The average Bonchev–Trinajstić information content (AvgIpc) is 2.75. The molecular weight excluding hydrogens is 295 g/mol. The van der Waals surface area contributed by atoms with Gasteiger partial charge in [0.1, 0.15) is 16.2 Å². The molecule has 0 aromatic carbocycles. The SMILES string of the molecule is O=C(NC1COCC1C(=O)O)c1cc(Cl)nc(Cl)c1. The lowest BCUT2D eigenvalue weighted by molar-refractivity contribution is -0.142. The van der Waals surface area contributed by atoms with E-state index in [4.69, 9.17) is 33.0 Å². The lowest BCUT2D eigenvalue weighted by atomic mass is 10.0. The molecule has 0 saturated carbocycles. The molecule has 0 bridgehead atoms. The summed E-state index contributed by atoms with van der Waals surface area (Å²) in [6, 6.07) is 2.14. The fourth-order valence-corrected chi connectivity index (χ4v) is 2.25. The summed E-state index contributed by atoms with van der Waals surface area (Å²) in [5.74, 6) is -2.22. The summed E-state index contributed by atoms with van der Waals surface area (Å²) < 4.78 is 5.06. The lowest BCUT2D eigenvalue weighted by Gasteiger charge is -2.15. The van der Waals surface area contributed by atoms with E-state index in [9.17, 15) is 9.59 Å². The summed E-state index contributed by atoms with van der Waals surface area (Å²) in [7, 11) is 0. The van der Waals surface area contributed by atoms with Crippen LogP contribution in [0.2, 0.25) is 10.3 Å². The highest BCUT2D eigenvalue weighted by molar-refractivity contribution is 6.33. The molecule has 1 saturated heterocycles. The summed E-state index contributed by atoms with van der Waals surface area (Å²) in [5, 5.41) is 11.7. The van der Waals surface area contributed by atoms with Crippen LogP contribution in [0.1, 0.15) is 10.4 Å². The van der Waals surface area contributed by atoms with Crippen LogP contribution in [0.3, 0.4) is 0 Å². The van der Waals surface area contributed by atoms with E-state index in [2.05, 4.69) is 10.3 Å². The first-order chi connectivity index (χ1) is 8.97. The predicted molar refractivity (Wildman–Crippen MR) is 67.5 cm³/mol. The molecule has 1 fully saturated rings. The number of aromatic nitrogens is 1. The van der Waals surface area contributed by atoms with Crippen molar-refractivity contribution in [2.75, 3.05) is 13.2 Å². The van der Waals surface area contributed by atoms with Crippen molar-refractivity contribution < 1.29 is 19.4 Å². The van der Waals surface area contributed by atoms with E-state index in [0.29, 0.717) is 0 Å². The molecular formula is C11H10Cl2N2O4. The molecule has 8 heteroatoms. The number of halogens is 2. The fourth-order valence-electron chi connectivity index (χ4n) is 1.79. The minimum Gasteiger partial charge on any atom is -0.481 e. The zero-order valence-electron chi connectivity index (χ0n) is 9.60. The van der Waals surface area contributed by atoms with Gasteiger partial charge in [0, 0.05) is 5.56 Å². The number of carbonyl (C=O) groups excluding carboxylic acids is 1. The van der Waals surface area contributed by atoms with E-state index in [0.717, 1.165) is 0 Å². The van der Waals surface area contributed by atoms with Crippen molar-refractivity contribution >= 4 is 35.1 Å². The van der Waals surface area contributed by atoms with Gasteiger partial charge < -0.3 is 15.2 Å². The minimum absolute atomic E-state index is 0.0815. The standard InChI is InChI=1S/C11H10Cl2N2O4/c12-8-1-5(2-9(13)15-8)10(16)14-7-4-19-3-6(7)11(17)18/h1-2,6-7H,3-4H2,(H,14,16)(H,17,18). The molecule has 6 nitrogen and oxygen atoms in total. The molecule has 2 atom stereocenters. The van der Waals surface area contributed by atoms with Crippen LogP contribution in [0, 0.1) is 5.92 Å². The third-order valence-electron chi connectivity index (χ3n) is 2.74. The summed E-state index contributed by atoms with van der Waals surface area (Å²) in [6.45, 7) is 0.243. The molecule has 1 aliphatic heterocycles. The lowest BCUT2D eigenvalue weighted by Crippen LogP contribution is -2.42. The van der Waals surface area contributed by atoms with E-state index < -0.39 is 23.8 Å². The molecule has 102 valence electrons. The molecule has 1 aromatic rings. The van der Waals surface area contributed by atoms with E-state index in [-0.39, 0.29) is 29.1 Å². The molecule has 2 rings (SSSR count). The third kappa shape index (κ3) is 3.34. The maximum atomic E-state index is 12.0. The summed E-state index contributed by atoms with van der Waals surface area (Å²) >= 11 is 11.4. The van der Waals surface area contributed by atoms with Gasteiger partial charge in [0.15, 0.2) is 0 Å². The van der Waals surface area contributed by atoms with Crippen LogP contribution in [0.5, 0.6) is 0 Å². The Labute approximate surface area is 118 Å². The summed E-state index contributed by atoms with van der Waals surface area (Å²) in [6.07, 6.45) is 0. The maximum absolute atomic E-state index is 12.0. The number of nitrogens with one attached hydrogen (secondary N) is 1. The molecule has 1 aliphatic rings. The quantitative estimate of drug-likeness (QED) is 0.820. The third-order valence-corrected chi connectivity index (χ3v) is 3.13. The Balaban J connectivity index is 2.10. The van der Waals surface area contributed by atoms with Crippen molar-refractivity contribution in [3.63, 3.8) is 0 Å². The van der Waals surface area contributed by atoms with Crippen molar-refractivity contribution in [2.45, 2.75) is 6.04 Å². The Kier molecular flexibility index (Phi) is 4.24. The molecule has 2 heterocycles. The van der Waals surface area contributed by atoms with Crippen LogP contribution in [0.4, 0.5) is 0 Å². The molecule has 19 heavy (non-hydrogen) atoms. The number of carbonyl (C=O) groups is 2. The first kappa shape index (κ1) is 14.0. The zero-order valence-corrected chi connectivity index (χ0v) is 11.1. The molecule has 2 N–H and O–H groups in total. The number of hydrogen-bond donors (Lipinski definition) is 2. The molecule has 0 spiro atoms. The highest BCUT2D eigenvalue weighted by atomic mass is 35.5. The average molecular weight is 305 g/mol. The highest BCUT2D eigenvalue weighted by Gasteiger charge is 2.35. The Hall–Kier alpha value is -1.37. The van der Waals surface area contributed by atoms with E-state index in [1.165, 1.54) is 12.1 Å². The number of ether oxygens (including phenoxy) is 1. The van der Waals surface area contributed by atoms with Gasteiger partial charge in [-0.1, -0.05) is 23.2 Å². The normalized spacial score (nSPS) is 22.2. The van der Waals surface area contributed by atoms with Gasteiger partial charge in [0.2, 0.25) is 0 Å². The number of aliphatic carboxylic acids is 1. The predicted octanol–water partition coefficient (Wildman–Crippen LogP) is 1.22. The minimum atomic E-state index is -1.01. The highest BCUT2D eigenvalue weighted by Crippen LogP contribution is 2.17. The van der Waals surface area contributed by atoms with Gasteiger partial charge in [-0.25, -0.2) is 4.98 Å². The number of hydrogen-bond acceptors (Lipinski definition) is 4. The number of carboxylic acid groups (broad SMARTS) is 1. The topological polar surface area (TPSA) is 88.5 Å². The number of rotatable bonds is 3. The van der Waals surface area contributed by atoms with Crippen molar-refractivity contribution in [3.05, 3.63) is 28.0 Å². The monoisotopic (exact) mass is 304 g/mol. The molecule has 1 aromatic heterocycles. The first-order valence-electron chi connectivity index (χ1n) is 5.42. The smallest absolute Gasteiger partial charge is 0.311 e. The van der Waals surface area contributed by atoms with Gasteiger partial charge in [-0.3, -0.25) is 9.59 Å². The summed E-state index contributed by atoms with van der Waals surface area (Å²) in [4.78, 5) is 26.6. The van der Waals surface area contributed by atoms with Crippen molar-refractivity contribution in [1.82, 2.24) is 10.3 Å². The number of pyridine rings is 1. The molecule has 2 unspecified atom stereocenters. The Bertz CT molecular complexity index is 503. The van der Waals surface area contributed by atoms with Gasteiger partial charge in [0.25, 0.3) is 5.91 Å². The van der Waals surface area contributed by atoms with Gasteiger partial charge in [-0.05, 0) is 12.1 Å². The Morgan fingerprint density at radius 3 is 2.53 bits per heavy atom. The second-order valence-corrected chi connectivity index (χ2v) is 4.84. The van der Waals surface area contributed by atoms with E-state index >= 15 is 0 Å². The number of carboxylic acids is 1. The molecule has 0 aliphatic carbocycles. The Morgan fingerprint density at radius 2 is 1.95 bits per heavy atom. The summed E-state index contributed by atoms with van der Waals surface area (Å²) in [5.41, 5.74) is 0.223. The maximum Gasteiger partial charge on any atom is 0.311 e. The van der Waals surface area contributed by atoms with Crippen LogP contribution in [0.25, 0.3) is 0 Å². The van der Waals surface area contributed by atoms with Crippen LogP contribution in [0.15, 0.2) is 12.1 Å². The van der Waals surface area contributed by atoms with Crippen LogP contribution < -0.4 is 5.32 Å². The van der Waals surface area contributed by atoms with Crippen LogP contribution >= 0.6 is 23.2 Å². The second-order valence-electron chi connectivity index (χ2n) is 4.06. The van der Waals surface area contributed by atoms with Crippen molar-refractivity contribution in [2.24, 2.45) is 5.92 Å². The van der Waals surface area contributed by atoms with Crippen molar-refractivity contribution in [1.29, 1.82) is 0 Å². The largest absolute Gasteiger partial charge is 0.481 e. The van der Waals surface area contributed by atoms with E-state index in [1.54, 1.807) is 0 Å². The second kappa shape index (κ2) is 5.73. The number of amides is 1.